The topological polar surface area (TPSA) is 118 Å². The van der Waals surface area contributed by atoms with Crippen molar-refractivity contribution in [2.24, 2.45) is 0 Å². The van der Waals surface area contributed by atoms with E-state index in [1.165, 1.54) is 12.1 Å². The number of nitrogens with zero attached hydrogens (tertiary/aromatic N) is 2. The molecule has 1 amide bonds. The summed E-state index contributed by atoms with van der Waals surface area (Å²) in [5.41, 5.74) is 0.951. The summed E-state index contributed by atoms with van der Waals surface area (Å²) in [4.78, 5) is 19.6. The Kier molecular flexibility index (Phi) is 7.55. The quantitative estimate of drug-likeness (QED) is 0.213. The summed E-state index contributed by atoms with van der Waals surface area (Å²) in [6.45, 7) is 4.28. The molecule has 0 saturated carbocycles. The molecule has 0 aliphatic rings. The molecule has 0 aliphatic heterocycles. The molecule has 0 bridgehead atoms. The van der Waals surface area contributed by atoms with Gasteiger partial charge in [-0.15, -0.1) is 0 Å². The lowest BCUT2D eigenvalue weighted by atomic mass is 10.2. The number of rotatable bonds is 10. The first-order valence-corrected chi connectivity index (χ1v) is 9.54. The third-order valence-electron chi connectivity index (χ3n) is 4.14. The van der Waals surface area contributed by atoms with E-state index in [1.807, 2.05) is 0 Å². The Morgan fingerprint density at radius 3 is 2.62 bits per heavy atom. The molecule has 166 valence electrons. The standard InChI is InChI=1S/C22H22FN5O4/c1-3-19(29)26-17-5-4-6-18(20(17)30)27-21-16(23)13-24-22(28-21)25-14-7-9-15(10-8-14)32-12-11-31-2/h3-10,13,30H,1,11-12H2,2H3,(H,26,29)(H2,24,25,27,28). The normalized spacial score (nSPS) is 10.3. The summed E-state index contributed by atoms with van der Waals surface area (Å²) < 4.78 is 24.7. The maximum Gasteiger partial charge on any atom is 0.247 e. The fourth-order valence-corrected chi connectivity index (χ4v) is 2.58. The molecule has 32 heavy (non-hydrogen) atoms. The van der Waals surface area contributed by atoms with E-state index in [1.54, 1.807) is 37.4 Å². The van der Waals surface area contributed by atoms with E-state index >= 15 is 0 Å². The van der Waals surface area contributed by atoms with Gasteiger partial charge in [0.15, 0.2) is 17.4 Å². The predicted molar refractivity (Wildman–Crippen MR) is 119 cm³/mol. The van der Waals surface area contributed by atoms with Gasteiger partial charge in [-0.2, -0.15) is 4.98 Å². The number of anilines is 5. The third-order valence-corrected chi connectivity index (χ3v) is 4.14. The molecular weight excluding hydrogens is 417 g/mol. The lowest BCUT2D eigenvalue weighted by Crippen LogP contribution is -2.08. The molecule has 0 spiro atoms. The minimum atomic E-state index is -0.725. The second-order valence-electron chi connectivity index (χ2n) is 6.40. The molecule has 2 aromatic carbocycles. The van der Waals surface area contributed by atoms with Crippen molar-refractivity contribution in [1.29, 1.82) is 0 Å². The van der Waals surface area contributed by atoms with Crippen molar-refractivity contribution in [1.82, 2.24) is 9.97 Å². The van der Waals surface area contributed by atoms with Gasteiger partial charge in [-0.25, -0.2) is 9.37 Å². The second-order valence-corrected chi connectivity index (χ2v) is 6.40. The molecule has 10 heteroatoms. The van der Waals surface area contributed by atoms with Crippen LogP contribution < -0.4 is 20.7 Å². The highest BCUT2D eigenvalue weighted by molar-refractivity contribution is 6.00. The summed E-state index contributed by atoms with van der Waals surface area (Å²) in [6.07, 6.45) is 2.07. The van der Waals surface area contributed by atoms with Gasteiger partial charge in [0.05, 0.1) is 24.2 Å². The zero-order valence-electron chi connectivity index (χ0n) is 17.3. The number of carbonyl (C=O) groups excluding carboxylic acids is 1. The largest absolute Gasteiger partial charge is 0.504 e. The lowest BCUT2D eigenvalue weighted by molar-refractivity contribution is -0.111. The van der Waals surface area contributed by atoms with Crippen molar-refractivity contribution in [2.45, 2.75) is 0 Å². The zero-order chi connectivity index (χ0) is 22.9. The number of hydrogen-bond donors (Lipinski definition) is 4. The number of hydrogen-bond acceptors (Lipinski definition) is 8. The van der Waals surface area contributed by atoms with Crippen molar-refractivity contribution in [3.63, 3.8) is 0 Å². The number of aromatic hydroxyl groups is 1. The number of ether oxygens (including phenoxy) is 2. The van der Waals surface area contributed by atoms with Crippen molar-refractivity contribution in [3.8, 4) is 11.5 Å². The number of aromatic nitrogens is 2. The monoisotopic (exact) mass is 439 g/mol. The molecule has 1 aromatic heterocycles. The fraction of sp³-hybridized carbons (Fsp3) is 0.136. The number of methoxy groups -OCH3 is 1. The molecule has 0 unspecified atom stereocenters. The first-order chi connectivity index (χ1) is 15.5. The minimum absolute atomic E-state index is 0.137. The van der Waals surface area contributed by atoms with Crippen LogP contribution in [0.5, 0.6) is 11.5 Å². The minimum Gasteiger partial charge on any atom is -0.504 e. The van der Waals surface area contributed by atoms with E-state index in [-0.39, 0.29) is 28.9 Å². The second kappa shape index (κ2) is 10.7. The van der Waals surface area contributed by atoms with Crippen molar-refractivity contribution in [3.05, 3.63) is 67.1 Å². The molecule has 0 fully saturated rings. The predicted octanol–water partition coefficient (Wildman–Crippen LogP) is 3.96. The molecular formula is C22H22FN5O4. The number of para-hydroxylation sites is 1. The van der Waals surface area contributed by atoms with Gasteiger partial charge in [0.25, 0.3) is 0 Å². The Morgan fingerprint density at radius 1 is 1.16 bits per heavy atom. The molecule has 1 heterocycles. The highest BCUT2D eigenvalue weighted by Crippen LogP contribution is 2.34. The van der Waals surface area contributed by atoms with Crippen molar-refractivity contribution >= 4 is 34.7 Å². The Hall–Kier alpha value is -4.18. The van der Waals surface area contributed by atoms with Gasteiger partial charge in [-0.1, -0.05) is 12.6 Å². The smallest absolute Gasteiger partial charge is 0.247 e. The van der Waals surface area contributed by atoms with Gasteiger partial charge >= 0.3 is 0 Å². The maximum absolute atomic E-state index is 14.3. The average Bonchev–Trinajstić information content (AvgIpc) is 2.80. The van der Waals surface area contributed by atoms with E-state index in [0.717, 1.165) is 12.3 Å². The highest BCUT2D eigenvalue weighted by Gasteiger charge is 2.13. The number of phenolic OH excluding ortho intramolecular Hbond substituents is 1. The van der Waals surface area contributed by atoms with Crippen LogP contribution in [0.4, 0.5) is 33.2 Å². The molecule has 3 aromatic rings. The van der Waals surface area contributed by atoms with Crippen LogP contribution in [-0.2, 0) is 9.53 Å². The average molecular weight is 439 g/mol. The number of nitrogens with one attached hydrogen (secondary N) is 3. The van der Waals surface area contributed by atoms with E-state index in [9.17, 15) is 14.3 Å². The SMILES string of the molecule is C=CC(=O)Nc1cccc(Nc2nc(Nc3ccc(OCCOC)cc3)ncc2F)c1O. The van der Waals surface area contributed by atoms with E-state index in [4.69, 9.17) is 9.47 Å². The van der Waals surface area contributed by atoms with Crippen LogP contribution >= 0.6 is 0 Å². The van der Waals surface area contributed by atoms with Gasteiger partial charge in [0, 0.05) is 12.8 Å². The van der Waals surface area contributed by atoms with Crippen LogP contribution in [0.25, 0.3) is 0 Å². The van der Waals surface area contributed by atoms with E-state index < -0.39 is 11.7 Å². The number of carbonyl (C=O) groups is 1. The first kappa shape index (κ1) is 22.5. The van der Waals surface area contributed by atoms with Crippen LogP contribution in [-0.4, -0.2) is 41.3 Å². The molecule has 3 rings (SSSR count). The summed E-state index contributed by atoms with van der Waals surface area (Å²) in [7, 11) is 1.60. The summed E-state index contributed by atoms with van der Waals surface area (Å²) >= 11 is 0. The zero-order valence-corrected chi connectivity index (χ0v) is 17.3. The number of halogens is 1. The van der Waals surface area contributed by atoms with Crippen LogP contribution in [0.15, 0.2) is 61.3 Å². The van der Waals surface area contributed by atoms with Crippen LogP contribution in [0.2, 0.25) is 0 Å². The first-order valence-electron chi connectivity index (χ1n) is 9.54. The molecule has 0 saturated heterocycles. The van der Waals surface area contributed by atoms with Crippen LogP contribution in [0.3, 0.4) is 0 Å². The van der Waals surface area contributed by atoms with Gasteiger partial charge in [0.2, 0.25) is 11.9 Å². The third kappa shape index (κ3) is 5.92. The van der Waals surface area contributed by atoms with Gasteiger partial charge in [0.1, 0.15) is 12.4 Å². The molecule has 9 nitrogen and oxygen atoms in total. The van der Waals surface area contributed by atoms with Gasteiger partial charge in [-0.3, -0.25) is 4.79 Å². The van der Waals surface area contributed by atoms with Gasteiger partial charge < -0.3 is 30.5 Å². The van der Waals surface area contributed by atoms with E-state index in [0.29, 0.717) is 24.7 Å². The van der Waals surface area contributed by atoms with Gasteiger partial charge in [-0.05, 0) is 42.5 Å². The highest BCUT2D eigenvalue weighted by atomic mass is 19.1. The molecule has 0 atom stereocenters. The summed E-state index contributed by atoms with van der Waals surface area (Å²) in [5, 5.41) is 18.5. The Bertz CT molecular complexity index is 1090. The molecule has 4 N–H and O–H groups in total. The van der Waals surface area contributed by atoms with Crippen molar-refractivity contribution in [2.75, 3.05) is 36.3 Å². The molecule has 0 aliphatic carbocycles. The summed E-state index contributed by atoms with van der Waals surface area (Å²) in [6, 6.07) is 11.6. The lowest BCUT2D eigenvalue weighted by Gasteiger charge is -2.13. The molecule has 0 radical (unpaired) electrons. The maximum atomic E-state index is 14.3. The number of phenols is 1. The number of amides is 1. The van der Waals surface area contributed by atoms with Crippen LogP contribution in [0, 0.1) is 5.82 Å². The number of benzene rings is 2. The van der Waals surface area contributed by atoms with Crippen molar-refractivity contribution < 1.29 is 23.8 Å². The van der Waals surface area contributed by atoms with Crippen LogP contribution in [0.1, 0.15) is 0 Å². The Morgan fingerprint density at radius 2 is 1.91 bits per heavy atom. The summed E-state index contributed by atoms with van der Waals surface area (Å²) in [5.74, 6) is -0.847. The Balaban J connectivity index is 1.73. The van der Waals surface area contributed by atoms with E-state index in [2.05, 4.69) is 32.5 Å². The fourth-order valence-electron chi connectivity index (χ4n) is 2.58. The Labute approximate surface area is 183 Å².